The molecule has 84 heavy (non-hydrogen) atoms. The van der Waals surface area contributed by atoms with Crippen LogP contribution in [0.3, 0.4) is 0 Å². The number of nitrogens with zero attached hydrogens (tertiary/aromatic N) is 2. The van der Waals surface area contributed by atoms with Crippen LogP contribution in [0.15, 0.2) is 320 Å². The van der Waals surface area contributed by atoms with Gasteiger partial charge in [-0.3, -0.25) is 0 Å². The molecule has 0 N–H and O–H groups in total. The number of anilines is 6. The van der Waals surface area contributed by atoms with Crippen LogP contribution in [-0.4, -0.2) is 0 Å². The van der Waals surface area contributed by atoms with Crippen molar-refractivity contribution in [2.45, 2.75) is 5.41 Å². The van der Waals surface area contributed by atoms with Gasteiger partial charge in [0.2, 0.25) is 0 Å². The Morgan fingerprint density at radius 1 is 0.298 bits per heavy atom. The molecule has 0 aliphatic heterocycles. The van der Waals surface area contributed by atoms with Gasteiger partial charge < -0.3 is 14.2 Å². The molecule has 0 saturated heterocycles. The van der Waals surface area contributed by atoms with E-state index in [9.17, 15) is 0 Å². The molecule has 0 fully saturated rings. The van der Waals surface area contributed by atoms with Crippen molar-refractivity contribution in [2.24, 2.45) is 0 Å². The third-order valence-electron chi connectivity index (χ3n) is 16.7. The molecule has 1 aliphatic carbocycles. The van der Waals surface area contributed by atoms with Crippen LogP contribution in [-0.2, 0) is 5.41 Å². The fourth-order valence-corrected chi connectivity index (χ4v) is 12.9. The van der Waals surface area contributed by atoms with E-state index in [4.69, 9.17) is 4.42 Å². The molecule has 1 aromatic heterocycles. The highest BCUT2D eigenvalue weighted by Crippen LogP contribution is 2.62. The lowest BCUT2D eigenvalue weighted by Gasteiger charge is -2.36. The number of halogens is 2. The first-order valence-electron chi connectivity index (χ1n) is 28.4. The molecule has 0 saturated carbocycles. The second kappa shape index (κ2) is 20.9. The van der Waals surface area contributed by atoms with Gasteiger partial charge in [0.25, 0.3) is 0 Å². The Balaban J connectivity index is 1.05. The van der Waals surface area contributed by atoms with E-state index in [1.165, 1.54) is 12.1 Å². The summed E-state index contributed by atoms with van der Waals surface area (Å²) in [6.45, 7) is 0. The standard InChI is InChI=1S/C79H52F2N2O/c80-61-37-41-63(42-38-61)82(72-47-35-57(53-21-7-1-8-22-53)49-68(72)55-25-11-3-12-26-55)65-45-46-66-70(51-65)79(59-29-15-5-16-30-59,60-31-17-6-18-32-60)71-52-74(77-67-33-19-20-34-75(67)84-78(77)76(66)71)83(64-43-39-62(81)40-44-64)73-48-36-58(54-23-9-2-10-24-54)50-69(73)56-27-13-4-14-28-56/h1-52H. The van der Waals surface area contributed by atoms with Crippen molar-refractivity contribution in [3.8, 4) is 55.6 Å². The van der Waals surface area contributed by atoms with Gasteiger partial charge in [0.15, 0.2) is 0 Å². The Morgan fingerprint density at radius 3 is 1.24 bits per heavy atom. The summed E-state index contributed by atoms with van der Waals surface area (Å²) in [6, 6.07) is 108. The summed E-state index contributed by atoms with van der Waals surface area (Å²) in [5.74, 6) is -0.647. The normalized spacial score (nSPS) is 12.3. The number of hydrogen-bond acceptors (Lipinski definition) is 3. The van der Waals surface area contributed by atoms with E-state index in [1.54, 1.807) is 12.1 Å². The number of hydrogen-bond donors (Lipinski definition) is 0. The van der Waals surface area contributed by atoms with Gasteiger partial charge in [-0.1, -0.05) is 218 Å². The molecule has 5 heteroatoms. The highest BCUT2D eigenvalue weighted by molar-refractivity contribution is 6.20. The third-order valence-corrected chi connectivity index (χ3v) is 16.7. The molecule has 0 bridgehead atoms. The molecule has 3 nitrogen and oxygen atoms in total. The van der Waals surface area contributed by atoms with Crippen LogP contribution < -0.4 is 9.80 Å². The van der Waals surface area contributed by atoms with Crippen LogP contribution in [0.2, 0.25) is 0 Å². The van der Waals surface area contributed by atoms with Gasteiger partial charge in [0.1, 0.15) is 22.8 Å². The van der Waals surface area contributed by atoms with Crippen LogP contribution in [0, 0.1) is 11.6 Å². The number of fused-ring (bicyclic) bond motifs is 7. The molecule has 398 valence electrons. The fraction of sp³-hybridized carbons (Fsp3) is 0.0127. The molecule has 1 aliphatic rings. The Bertz CT molecular complexity index is 4670. The van der Waals surface area contributed by atoms with Crippen molar-refractivity contribution in [1.82, 2.24) is 0 Å². The quantitative estimate of drug-likeness (QED) is 0.122. The largest absolute Gasteiger partial charge is 0.455 e. The molecule has 0 amide bonds. The summed E-state index contributed by atoms with van der Waals surface area (Å²) in [5.41, 5.74) is 20.3. The van der Waals surface area contributed by atoms with E-state index in [2.05, 4.69) is 240 Å². The lowest BCUT2D eigenvalue weighted by Crippen LogP contribution is -2.29. The van der Waals surface area contributed by atoms with Gasteiger partial charge in [-0.25, -0.2) is 8.78 Å². The van der Waals surface area contributed by atoms with Gasteiger partial charge in [0, 0.05) is 39.1 Å². The highest BCUT2D eigenvalue weighted by atomic mass is 19.1. The van der Waals surface area contributed by atoms with Crippen molar-refractivity contribution in [2.75, 3.05) is 9.80 Å². The van der Waals surface area contributed by atoms with Gasteiger partial charge in [-0.2, -0.15) is 0 Å². The summed E-state index contributed by atoms with van der Waals surface area (Å²) >= 11 is 0. The van der Waals surface area contributed by atoms with Crippen molar-refractivity contribution < 1.29 is 13.2 Å². The Morgan fingerprint density at radius 2 is 0.726 bits per heavy atom. The molecule has 0 unspecified atom stereocenters. The first-order chi connectivity index (χ1) is 41.5. The molecule has 15 rings (SSSR count). The average Bonchev–Trinajstić information content (AvgIpc) is 1.59. The van der Waals surface area contributed by atoms with Crippen molar-refractivity contribution in [3.05, 3.63) is 349 Å². The van der Waals surface area contributed by atoms with Crippen molar-refractivity contribution in [1.29, 1.82) is 0 Å². The number of para-hydroxylation sites is 1. The smallest absolute Gasteiger partial charge is 0.145 e. The highest BCUT2D eigenvalue weighted by Gasteiger charge is 2.49. The second-order valence-electron chi connectivity index (χ2n) is 21.4. The van der Waals surface area contributed by atoms with Crippen LogP contribution in [0.25, 0.3) is 77.6 Å². The molecular formula is C79H52F2N2O. The van der Waals surface area contributed by atoms with Gasteiger partial charge in [-0.05, 0) is 158 Å². The van der Waals surface area contributed by atoms with Crippen LogP contribution in [0.5, 0.6) is 0 Å². The average molecular weight is 1080 g/mol. The first kappa shape index (κ1) is 50.1. The van der Waals surface area contributed by atoms with E-state index in [0.29, 0.717) is 0 Å². The maximum Gasteiger partial charge on any atom is 0.145 e. The van der Waals surface area contributed by atoms with Gasteiger partial charge in [0.05, 0.1) is 27.9 Å². The maximum absolute atomic E-state index is 15.4. The summed E-state index contributed by atoms with van der Waals surface area (Å²) < 4.78 is 38.1. The van der Waals surface area contributed by atoms with Crippen LogP contribution >= 0.6 is 0 Å². The third kappa shape index (κ3) is 8.48. The number of rotatable bonds is 12. The summed E-state index contributed by atoms with van der Waals surface area (Å²) in [5, 5.41) is 1.87. The molecule has 0 spiro atoms. The molecule has 14 aromatic rings. The van der Waals surface area contributed by atoms with Crippen LogP contribution in [0.1, 0.15) is 22.3 Å². The lowest BCUT2D eigenvalue weighted by atomic mass is 9.67. The van der Waals surface area contributed by atoms with Gasteiger partial charge in [-0.15, -0.1) is 0 Å². The summed E-state index contributed by atoms with van der Waals surface area (Å²) in [4.78, 5) is 4.57. The number of benzene rings is 13. The van der Waals surface area contributed by atoms with Gasteiger partial charge >= 0.3 is 0 Å². The predicted octanol–water partition coefficient (Wildman–Crippen LogP) is 21.8. The Hall–Kier alpha value is -10.9. The molecule has 0 atom stereocenters. The van der Waals surface area contributed by atoms with E-state index < -0.39 is 5.41 Å². The minimum absolute atomic E-state index is 0.318. The lowest BCUT2D eigenvalue weighted by molar-refractivity contribution is 0.627. The zero-order valence-corrected chi connectivity index (χ0v) is 45.6. The van der Waals surface area contributed by atoms with E-state index in [0.717, 1.165) is 134 Å². The minimum Gasteiger partial charge on any atom is -0.455 e. The zero-order valence-electron chi connectivity index (χ0n) is 45.6. The molecule has 13 aromatic carbocycles. The second-order valence-corrected chi connectivity index (χ2v) is 21.4. The van der Waals surface area contributed by atoms with Crippen molar-refractivity contribution >= 4 is 56.1 Å². The number of furan rings is 1. The topological polar surface area (TPSA) is 19.6 Å². The van der Waals surface area contributed by atoms with Crippen molar-refractivity contribution in [3.63, 3.8) is 0 Å². The first-order valence-corrected chi connectivity index (χ1v) is 28.4. The Labute approximate surface area is 486 Å². The predicted molar refractivity (Wildman–Crippen MR) is 342 cm³/mol. The Kier molecular flexibility index (Phi) is 12.5. The minimum atomic E-state index is -0.965. The summed E-state index contributed by atoms with van der Waals surface area (Å²) in [7, 11) is 0. The monoisotopic (exact) mass is 1080 g/mol. The van der Waals surface area contributed by atoms with Crippen LogP contribution in [0.4, 0.5) is 42.9 Å². The fourth-order valence-electron chi connectivity index (χ4n) is 12.9. The summed E-state index contributed by atoms with van der Waals surface area (Å²) in [6.07, 6.45) is 0. The van der Waals surface area contributed by atoms with E-state index >= 15 is 8.78 Å². The van der Waals surface area contributed by atoms with E-state index in [-0.39, 0.29) is 11.6 Å². The molecular weight excluding hydrogens is 1030 g/mol. The molecule has 1 heterocycles. The van der Waals surface area contributed by atoms with E-state index in [1.807, 2.05) is 60.7 Å². The zero-order chi connectivity index (χ0) is 56.1. The molecule has 0 radical (unpaired) electrons. The SMILES string of the molecule is Fc1ccc(N(c2ccc3c(c2)C(c2ccccc2)(c2ccccc2)c2cc(N(c4ccc(F)cc4)c4ccc(-c5ccccc5)cc4-c4ccccc4)c4c(oc5ccccc54)c2-3)c2ccc(-c3ccccc3)cc2-c2ccccc2)cc1. The maximum atomic E-state index is 15.4.